The lowest BCUT2D eigenvalue weighted by Gasteiger charge is -2.40. The van der Waals surface area contributed by atoms with E-state index >= 15 is 0 Å². The number of alkyl halides is 2. The van der Waals surface area contributed by atoms with Gasteiger partial charge >= 0.3 is 0 Å². The van der Waals surface area contributed by atoms with Crippen LogP contribution in [0.5, 0.6) is 0 Å². The molecule has 0 aromatic rings. The second-order valence-corrected chi connectivity index (χ2v) is 5.66. The molecular formula is C7H11I2NO2. The fourth-order valence-electron chi connectivity index (χ4n) is 1.59. The number of hydrogen-bond acceptors (Lipinski definition) is 2. The predicted molar refractivity (Wildman–Crippen MR) is 64.8 cm³/mol. The van der Waals surface area contributed by atoms with Crippen LogP contribution in [0.25, 0.3) is 0 Å². The normalized spacial score (nSPS) is 34.3. The van der Waals surface area contributed by atoms with Crippen LogP contribution >= 0.6 is 45.2 Å². The fourth-order valence-corrected chi connectivity index (χ4v) is 4.20. The first-order valence-electron chi connectivity index (χ1n) is 3.97. The van der Waals surface area contributed by atoms with Crippen LogP contribution in [0.1, 0.15) is 12.8 Å². The van der Waals surface area contributed by atoms with Gasteiger partial charge in [0.2, 0.25) is 6.54 Å². The molecule has 12 heavy (non-hydrogen) atoms. The molecule has 0 aromatic heterocycles. The third kappa shape index (κ3) is 2.68. The molecular weight excluding hydrogens is 384 g/mol. The SMILES string of the molecule is O=[N+]([O-])CCC1C(I)CC1CI. The molecule has 0 N–H and O–H groups in total. The summed E-state index contributed by atoms with van der Waals surface area (Å²) in [5.41, 5.74) is 0. The third-order valence-corrected chi connectivity index (χ3v) is 5.00. The first-order valence-corrected chi connectivity index (χ1v) is 6.74. The quantitative estimate of drug-likeness (QED) is 0.318. The Morgan fingerprint density at radius 3 is 2.67 bits per heavy atom. The molecule has 0 saturated heterocycles. The van der Waals surface area contributed by atoms with Crippen molar-refractivity contribution in [1.82, 2.24) is 0 Å². The minimum absolute atomic E-state index is 0.150. The summed E-state index contributed by atoms with van der Waals surface area (Å²) in [6, 6.07) is 0. The molecule has 0 amide bonds. The molecule has 0 spiro atoms. The molecule has 3 unspecified atom stereocenters. The average Bonchev–Trinajstić information content (AvgIpc) is 1.99. The Morgan fingerprint density at radius 2 is 2.25 bits per heavy atom. The molecule has 1 saturated carbocycles. The lowest BCUT2D eigenvalue weighted by molar-refractivity contribution is -0.482. The standard InChI is InChI=1S/C7H11I2NO2/c8-4-5-3-7(9)6(5)1-2-10(11)12/h5-7H,1-4H2. The van der Waals surface area contributed by atoms with Gasteiger partial charge in [0, 0.05) is 19.7 Å². The van der Waals surface area contributed by atoms with Crippen molar-refractivity contribution in [3.8, 4) is 0 Å². The van der Waals surface area contributed by atoms with Crippen LogP contribution in [0.3, 0.4) is 0 Å². The van der Waals surface area contributed by atoms with E-state index in [1.54, 1.807) is 0 Å². The molecule has 0 aromatic carbocycles. The number of rotatable bonds is 4. The maximum Gasteiger partial charge on any atom is 0.204 e. The highest BCUT2D eigenvalue weighted by atomic mass is 127. The van der Waals surface area contributed by atoms with Crippen molar-refractivity contribution in [2.75, 3.05) is 11.0 Å². The molecule has 5 heteroatoms. The summed E-state index contributed by atoms with van der Waals surface area (Å²) >= 11 is 4.79. The molecule has 0 bridgehead atoms. The Morgan fingerprint density at radius 1 is 1.58 bits per heavy atom. The Balaban J connectivity index is 2.25. The van der Waals surface area contributed by atoms with Crippen molar-refractivity contribution < 1.29 is 4.92 Å². The third-order valence-electron chi connectivity index (χ3n) is 2.44. The van der Waals surface area contributed by atoms with Crippen molar-refractivity contribution in [2.24, 2.45) is 11.8 Å². The maximum absolute atomic E-state index is 10.1. The first-order chi connectivity index (χ1) is 5.65. The molecule has 3 nitrogen and oxygen atoms in total. The van der Waals surface area contributed by atoms with Crippen LogP contribution in [0.15, 0.2) is 0 Å². The summed E-state index contributed by atoms with van der Waals surface area (Å²) in [5.74, 6) is 1.35. The lowest BCUT2D eigenvalue weighted by atomic mass is 9.73. The molecule has 3 atom stereocenters. The maximum atomic E-state index is 10.1. The van der Waals surface area contributed by atoms with Crippen LogP contribution in [0, 0.1) is 22.0 Å². The first kappa shape index (κ1) is 10.9. The van der Waals surface area contributed by atoms with Gasteiger partial charge in [-0.15, -0.1) is 0 Å². The van der Waals surface area contributed by atoms with Gasteiger partial charge in [0.25, 0.3) is 0 Å². The van der Waals surface area contributed by atoms with E-state index in [-0.39, 0.29) is 11.5 Å². The monoisotopic (exact) mass is 395 g/mol. The second-order valence-electron chi connectivity index (χ2n) is 3.17. The van der Waals surface area contributed by atoms with Gasteiger partial charge in [0.1, 0.15) is 0 Å². The molecule has 1 aliphatic rings. The van der Waals surface area contributed by atoms with Crippen LogP contribution in [0.4, 0.5) is 0 Å². The van der Waals surface area contributed by atoms with Gasteiger partial charge in [-0.2, -0.15) is 0 Å². The molecule has 1 fully saturated rings. The van der Waals surface area contributed by atoms with Gasteiger partial charge in [-0.05, 0) is 18.3 Å². The topological polar surface area (TPSA) is 43.1 Å². The Hall–Kier alpha value is 0.860. The van der Waals surface area contributed by atoms with E-state index in [2.05, 4.69) is 45.2 Å². The zero-order chi connectivity index (χ0) is 9.14. The van der Waals surface area contributed by atoms with E-state index < -0.39 is 0 Å². The number of nitrogens with zero attached hydrogens (tertiary/aromatic N) is 1. The molecule has 1 aliphatic carbocycles. The Bertz CT molecular complexity index is 177. The smallest absolute Gasteiger partial charge is 0.204 e. The summed E-state index contributed by atoms with van der Waals surface area (Å²) < 4.78 is 1.84. The van der Waals surface area contributed by atoms with E-state index in [0.717, 1.165) is 16.8 Å². The minimum Gasteiger partial charge on any atom is -0.265 e. The van der Waals surface area contributed by atoms with Gasteiger partial charge in [-0.1, -0.05) is 45.2 Å². The van der Waals surface area contributed by atoms with E-state index in [1.807, 2.05) is 0 Å². The van der Waals surface area contributed by atoms with Crippen LogP contribution in [0.2, 0.25) is 0 Å². The lowest BCUT2D eigenvalue weighted by Crippen LogP contribution is -2.39. The molecule has 0 radical (unpaired) electrons. The average molecular weight is 395 g/mol. The summed E-state index contributed by atoms with van der Waals surface area (Å²) in [6.07, 6.45) is 2.03. The summed E-state index contributed by atoms with van der Waals surface area (Å²) in [5, 5.41) is 10.1. The number of hydrogen-bond donors (Lipinski definition) is 0. The molecule has 70 valence electrons. The van der Waals surface area contributed by atoms with Crippen molar-refractivity contribution in [3.63, 3.8) is 0 Å². The summed E-state index contributed by atoms with van der Waals surface area (Å²) in [4.78, 5) is 9.94. The fraction of sp³-hybridized carbons (Fsp3) is 1.00. The zero-order valence-electron chi connectivity index (χ0n) is 6.58. The second kappa shape index (κ2) is 4.92. The highest BCUT2D eigenvalue weighted by Crippen LogP contribution is 2.43. The Kier molecular flexibility index (Phi) is 4.49. The number of nitro groups is 1. The predicted octanol–water partition coefficient (Wildman–Crippen LogP) is 2.53. The van der Waals surface area contributed by atoms with Gasteiger partial charge < -0.3 is 0 Å². The van der Waals surface area contributed by atoms with Crippen molar-refractivity contribution in [1.29, 1.82) is 0 Å². The molecule has 1 rings (SSSR count). The summed E-state index contributed by atoms with van der Waals surface area (Å²) in [6.45, 7) is 0.150. The molecule has 0 heterocycles. The Labute approximate surface area is 99.1 Å². The molecule has 0 aliphatic heterocycles. The van der Waals surface area contributed by atoms with E-state index in [9.17, 15) is 10.1 Å². The van der Waals surface area contributed by atoms with E-state index in [1.165, 1.54) is 6.42 Å². The van der Waals surface area contributed by atoms with Crippen molar-refractivity contribution >= 4 is 45.2 Å². The minimum atomic E-state index is -0.202. The van der Waals surface area contributed by atoms with Gasteiger partial charge in [-0.25, -0.2) is 0 Å². The van der Waals surface area contributed by atoms with Gasteiger partial charge in [-0.3, -0.25) is 10.1 Å². The summed E-state index contributed by atoms with van der Waals surface area (Å²) in [7, 11) is 0. The number of halogens is 2. The highest BCUT2D eigenvalue weighted by molar-refractivity contribution is 14.1. The van der Waals surface area contributed by atoms with Crippen LogP contribution in [-0.2, 0) is 0 Å². The van der Waals surface area contributed by atoms with Gasteiger partial charge in [0.15, 0.2) is 0 Å². The van der Waals surface area contributed by atoms with Crippen molar-refractivity contribution in [2.45, 2.75) is 16.8 Å². The van der Waals surface area contributed by atoms with E-state index in [4.69, 9.17) is 0 Å². The van der Waals surface area contributed by atoms with Crippen LogP contribution in [-0.4, -0.2) is 19.8 Å². The zero-order valence-corrected chi connectivity index (χ0v) is 10.9. The van der Waals surface area contributed by atoms with E-state index in [0.29, 0.717) is 9.84 Å². The largest absolute Gasteiger partial charge is 0.265 e. The highest BCUT2D eigenvalue weighted by Gasteiger charge is 2.38. The van der Waals surface area contributed by atoms with Gasteiger partial charge in [0.05, 0.1) is 0 Å². The van der Waals surface area contributed by atoms with Crippen molar-refractivity contribution in [3.05, 3.63) is 10.1 Å². The van der Waals surface area contributed by atoms with Crippen LogP contribution < -0.4 is 0 Å².